The first-order chi connectivity index (χ1) is 9.45. The Labute approximate surface area is 135 Å². The molecule has 0 atom stereocenters. The van der Waals surface area contributed by atoms with Gasteiger partial charge in [0.2, 0.25) is 0 Å². The van der Waals surface area contributed by atoms with Crippen LogP contribution in [0.2, 0.25) is 0 Å². The summed E-state index contributed by atoms with van der Waals surface area (Å²) >= 11 is 0. The largest absolute Gasteiger partial charge is 0.295 e. The Morgan fingerprint density at radius 1 is 0.727 bits per heavy atom. The zero-order chi connectivity index (χ0) is 17.7. The number of benzene rings is 1. The average molecular weight is 327 g/mol. The number of rotatable bonds is 1. The van der Waals surface area contributed by atoms with Crippen molar-refractivity contribution in [2.24, 2.45) is 0 Å². The van der Waals surface area contributed by atoms with Crippen molar-refractivity contribution >= 4 is 10.1 Å². The van der Waals surface area contributed by atoms with Crippen LogP contribution in [-0.4, -0.2) is 13.0 Å². The van der Waals surface area contributed by atoms with E-state index in [4.69, 9.17) is 0 Å². The molecule has 1 aromatic carbocycles. The van der Waals surface area contributed by atoms with Gasteiger partial charge in [0.25, 0.3) is 10.1 Å². The summed E-state index contributed by atoms with van der Waals surface area (Å²) in [6, 6.07) is 3.86. The lowest BCUT2D eigenvalue weighted by Gasteiger charge is -2.32. The maximum Gasteiger partial charge on any atom is 0.295 e. The topological polar surface area (TPSA) is 54.4 Å². The lowest BCUT2D eigenvalue weighted by molar-refractivity contribution is 0.464. The summed E-state index contributed by atoms with van der Waals surface area (Å²) in [7, 11) is -4.29. The second kappa shape index (κ2) is 5.34. The van der Waals surface area contributed by atoms with Crippen molar-refractivity contribution in [1.29, 1.82) is 0 Å². The van der Waals surface area contributed by atoms with Crippen molar-refractivity contribution in [3.8, 4) is 0 Å². The predicted octanol–water partition coefficient (Wildman–Crippen LogP) is 4.83. The Hall–Kier alpha value is -0.870. The second-order valence-electron chi connectivity index (χ2n) is 9.13. The maximum atomic E-state index is 12.1. The highest BCUT2D eigenvalue weighted by Gasteiger charge is 2.33. The zero-order valence-corrected chi connectivity index (χ0v) is 16.1. The molecular formula is C18H30O3S. The van der Waals surface area contributed by atoms with E-state index in [1.54, 1.807) is 0 Å². The van der Waals surface area contributed by atoms with E-state index >= 15 is 0 Å². The van der Waals surface area contributed by atoms with Crippen LogP contribution in [0.4, 0.5) is 0 Å². The van der Waals surface area contributed by atoms with Crippen molar-refractivity contribution in [3.63, 3.8) is 0 Å². The summed E-state index contributed by atoms with van der Waals surface area (Å²) < 4.78 is 34.0. The normalized spacial score (nSPS) is 14.3. The van der Waals surface area contributed by atoms with E-state index in [1.807, 2.05) is 53.7 Å². The molecule has 0 aliphatic rings. The van der Waals surface area contributed by atoms with Gasteiger partial charge in [-0.15, -0.1) is 0 Å². The predicted molar refractivity (Wildman–Crippen MR) is 92.4 cm³/mol. The van der Waals surface area contributed by atoms with Gasteiger partial charge in [-0.05, 0) is 32.9 Å². The van der Waals surface area contributed by atoms with Crippen LogP contribution in [0.1, 0.15) is 79.0 Å². The SMILES string of the molecule is CC(C)(C)c1cc(C(C)(C)C)c(S(=O)(=O)O)c(C(C)(C)C)c1. The highest BCUT2D eigenvalue weighted by Crippen LogP contribution is 2.40. The quantitative estimate of drug-likeness (QED) is 0.752. The molecule has 0 aliphatic heterocycles. The monoisotopic (exact) mass is 326 g/mol. The van der Waals surface area contributed by atoms with E-state index in [0.29, 0.717) is 11.1 Å². The minimum Gasteiger partial charge on any atom is -0.282 e. The third kappa shape index (κ3) is 4.11. The molecule has 0 bridgehead atoms. The van der Waals surface area contributed by atoms with E-state index < -0.39 is 10.1 Å². The summed E-state index contributed by atoms with van der Waals surface area (Å²) in [5.41, 5.74) is 1.56. The first kappa shape index (κ1) is 19.2. The van der Waals surface area contributed by atoms with Gasteiger partial charge in [0.1, 0.15) is 4.90 Å². The van der Waals surface area contributed by atoms with E-state index in [0.717, 1.165) is 5.56 Å². The van der Waals surface area contributed by atoms with Crippen LogP contribution in [0.25, 0.3) is 0 Å². The first-order valence-corrected chi connectivity index (χ1v) is 9.06. The van der Waals surface area contributed by atoms with Crippen molar-refractivity contribution in [2.75, 3.05) is 0 Å². The molecule has 0 saturated heterocycles. The van der Waals surface area contributed by atoms with Crippen LogP contribution in [-0.2, 0) is 26.4 Å². The average Bonchev–Trinajstić information content (AvgIpc) is 2.22. The summed E-state index contributed by atoms with van der Waals surface area (Å²) in [6.07, 6.45) is 0. The van der Waals surface area contributed by atoms with Crippen molar-refractivity contribution in [3.05, 3.63) is 28.8 Å². The first-order valence-electron chi connectivity index (χ1n) is 7.62. The van der Waals surface area contributed by atoms with Gasteiger partial charge in [0.05, 0.1) is 0 Å². The van der Waals surface area contributed by atoms with Gasteiger partial charge in [-0.1, -0.05) is 74.4 Å². The number of hydrogen-bond donors (Lipinski definition) is 1. The third-order valence-corrected chi connectivity index (χ3v) is 4.78. The number of hydrogen-bond acceptors (Lipinski definition) is 2. The standard InChI is InChI=1S/C18H30O3S/c1-16(2,3)12-10-13(17(4,5)6)15(22(19,20)21)14(11-12)18(7,8)9/h10-11H,1-9H3,(H,19,20,21). The molecule has 0 radical (unpaired) electrons. The van der Waals surface area contributed by atoms with Crippen molar-refractivity contribution < 1.29 is 13.0 Å². The Kier molecular flexibility index (Phi) is 4.66. The van der Waals surface area contributed by atoms with Gasteiger partial charge >= 0.3 is 0 Å². The van der Waals surface area contributed by atoms with Crippen LogP contribution < -0.4 is 0 Å². The molecule has 126 valence electrons. The van der Waals surface area contributed by atoms with Gasteiger partial charge in [0.15, 0.2) is 0 Å². The molecule has 0 spiro atoms. The summed E-state index contributed by atoms with van der Waals surface area (Å²) in [5.74, 6) is 0. The van der Waals surface area contributed by atoms with Crippen LogP contribution in [0.5, 0.6) is 0 Å². The Balaban J connectivity index is 4.05. The van der Waals surface area contributed by atoms with E-state index in [9.17, 15) is 13.0 Å². The molecular weight excluding hydrogens is 296 g/mol. The zero-order valence-electron chi connectivity index (χ0n) is 15.3. The van der Waals surface area contributed by atoms with Gasteiger partial charge in [-0.25, -0.2) is 0 Å². The molecule has 0 heterocycles. The van der Waals surface area contributed by atoms with Gasteiger partial charge in [-0.2, -0.15) is 8.42 Å². The Bertz CT molecular complexity index is 629. The maximum absolute atomic E-state index is 12.1. The molecule has 0 unspecified atom stereocenters. The molecule has 22 heavy (non-hydrogen) atoms. The minimum absolute atomic E-state index is 0.0699. The van der Waals surface area contributed by atoms with Crippen molar-refractivity contribution in [2.45, 2.75) is 83.5 Å². The summed E-state index contributed by atoms with van der Waals surface area (Å²) in [6.45, 7) is 18.1. The molecule has 0 aromatic heterocycles. The van der Waals surface area contributed by atoms with E-state index in [1.165, 1.54) is 0 Å². The molecule has 0 amide bonds. The molecule has 0 saturated carbocycles. The fourth-order valence-corrected chi connectivity index (χ4v) is 3.74. The highest BCUT2D eigenvalue weighted by molar-refractivity contribution is 7.86. The minimum atomic E-state index is -4.29. The van der Waals surface area contributed by atoms with Crippen LogP contribution in [0.3, 0.4) is 0 Å². The highest BCUT2D eigenvalue weighted by atomic mass is 32.2. The van der Waals surface area contributed by atoms with Crippen LogP contribution >= 0.6 is 0 Å². The summed E-state index contributed by atoms with van der Waals surface area (Å²) in [5, 5.41) is 0. The van der Waals surface area contributed by atoms with Crippen molar-refractivity contribution in [1.82, 2.24) is 0 Å². The molecule has 1 N–H and O–H groups in total. The van der Waals surface area contributed by atoms with Gasteiger partial charge in [-0.3, -0.25) is 4.55 Å². The van der Waals surface area contributed by atoms with Crippen LogP contribution in [0, 0.1) is 0 Å². The Morgan fingerprint density at radius 2 is 1.05 bits per heavy atom. The molecule has 4 heteroatoms. The summed E-state index contributed by atoms with van der Waals surface area (Å²) in [4.78, 5) is 0.0699. The molecule has 1 rings (SSSR count). The van der Waals surface area contributed by atoms with Crippen LogP contribution in [0.15, 0.2) is 17.0 Å². The molecule has 0 fully saturated rings. The van der Waals surface area contributed by atoms with E-state index in [2.05, 4.69) is 20.8 Å². The van der Waals surface area contributed by atoms with E-state index in [-0.39, 0.29) is 21.1 Å². The smallest absolute Gasteiger partial charge is 0.282 e. The lowest BCUT2D eigenvalue weighted by Crippen LogP contribution is -2.26. The van der Waals surface area contributed by atoms with Gasteiger partial charge in [0, 0.05) is 0 Å². The fourth-order valence-electron chi connectivity index (χ4n) is 2.45. The second-order valence-corrected chi connectivity index (χ2v) is 10.5. The Morgan fingerprint density at radius 3 is 1.23 bits per heavy atom. The third-order valence-electron chi connectivity index (χ3n) is 3.83. The molecule has 3 nitrogen and oxygen atoms in total. The fraction of sp³-hybridized carbons (Fsp3) is 0.667. The molecule has 1 aromatic rings. The lowest BCUT2D eigenvalue weighted by atomic mass is 9.75. The molecule has 0 aliphatic carbocycles. The van der Waals surface area contributed by atoms with Gasteiger partial charge < -0.3 is 0 Å².